The Kier molecular flexibility index (Phi) is 5.38. The summed E-state index contributed by atoms with van der Waals surface area (Å²) >= 11 is 12.2. The van der Waals surface area contributed by atoms with Gasteiger partial charge in [0.05, 0.1) is 18.3 Å². The second-order valence-electron chi connectivity index (χ2n) is 5.38. The zero-order valence-corrected chi connectivity index (χ0v) is 14.8. The Labute approximate surface area is 160 Å². The first-order chi connectivity index (χ1) is 12.8. The molecule has 27 heavy (non-hydrogen) atoms. The largest absolute Gasteiger partial charge is 0.307 e. The molecule has 3 aromatic rings. The van der Waals surface area contributed by atoms with Crippen LogP contribution in [0.25, 0.3) is 0 Å². The van der Waals surface area contributed by atoms with Gasteiger partial charge < -0.3 is 5.32 Å². The van der Waals surface area contributed by atoms with E-state index in [1.165, 1.54) is 16.9 Å². The quantitative estimate of drug-likeness (QED) is 0.367. The second kappa shape index (κ2) is 7.58. The minimum absolute atomic E-state index is 0.0652. The molecule has 0 spiro atoms. The maximum absolute atomic E-state index is 13.8. The summed E-state index contributed by atoms with van der Waals surface area (Å²) in [5.74, 6) is -8.65. The van der Waals surface area contributed by atoms with E-state index in [2.05, 4.69) is 10.4 Å². The summed E-state index contributed by atoms with van der Waals surface area (Å²) < 4.78 is 54.7. The molecule has 3 rings (SSSR count). The highest BCUT2D eigenvalue weighted by Crippen LogP contribution is 2.26. The molecule has 1 aromatic heterocycles. The Balaban J connectivity index is 1.88. The molecule has 0 aliphatic rings. The summed E-state index contributed by atoms with van der Waals surface area (Å²) in [6.45, 7) is 0.0652. The number of carbonyl (C=O) groups is 1. The molecule has 1 N–H and O–H groups in total. The zero-order valence-electron chi connectivity index (χ0n) is 13.2. The van der Waals surface area contributed by atoms with E-state index in [-0.39, 0.29) is 18.4 Å². The van der Waals surface area contributed by atoms with Crippen LogP contribution in [0, 0.1) is 23.3 Å². The first-order valence-electron chi connectivity index (χ1n) is 7.38. The SMILES string of the molecule is O=C(Nc1ccnn1Cc1c(Cl)cccc1Cl)c1cc(F)c(F)c(F)c1F. The van der Waals surface area contributed by atoms with Crippen LogP contribution in [-0.4, -0.2) is 15.7 Å². The van der Waals surface area contributed by atoms with Crippen molar-refractivity contribution in [3.8, 4) is 0 Å². The number of nitrogens with one attached hydrogen (secondary N) is 1. The van der Waals surface area contributed by atoms with Gasteiger partial charge in [0.2, 0.25) is 0 Å². The predicted molar refractivity (Wildman–Crippen MR) is 92.0 cm³/mol. The number of hydrogen-bond acceptors (Lipinski definition) is 2. The number of amides is 1. The number of aromatic nitrogens is 2. The van der Waals surface area contributed by atoms with Gasteiger partial charge in [-0.2, -0.15) is 5.10 Å². The van der Waals surface area contributed by atoms with Crippen LogP contribution in [0.1, 0.15) is 15.9 Å². The van der Waals surface area contributed by atoms with E-state index in [1.807, 2.05) is 0 Å². The molecule has 1 heterocycles. The van der Waals surface area contributed by atoms with E-state index < -0.39 is 34.7 Å². The molecule has 0 aliphatic carbocycles. The van der Waals surface area contributed by atoms with Crippen LogP contribution < -0.4 is 5.32 Å². The highest BCUT2D eigenvalue weighted by atomic mass is 35.5. The van der Waals surface area contributed by atoms with Crippen LogP contribution in [0.4, 0.5) is 23.4 Å². The normalized spacial score (nSPS) is 10.9. The van der Waals surface area contributed by atoms with Gasteiger partial charge in [-0.1, -0.05) is 29.3 Å². The second-order valence-corrected chi connectivity index (χ2v) is 6.19. The van der Waals surface area contributed by atoms with Crippen LogP contribution in [-0.2, 0) is 6.54 Å². The van der Waals surface area contributed by atoms with Gasteiger partial charge in [-0.05, 0) is 18.2 Å². The predicted octanol–water partition coefficient (Wildman–Crippen LogP) is 5.05. The molecule has 1 amide bonds. The molecule has 0 unspecified atom stereocenters. The monoisotopic (exact) mass is 417 g/mol. The Hall–Kier alpha value is -2.58. The molecule has 0 aliphatic heterocycles. The van der Waals surface area contributed by atoms with Crippen molar-refractivity contribution in [3.05, 3.63) is 81.0 Å². The van der Waals surface area contributed by atoms with Crippen molar-refractivity contribution in [2.24, 2.45) is 0 Å². The van der Waals surface area contributed by atoms with Crippen LogP contribution in [0.3, 0.4) is 0 Å². The van der Waals surface area contributed by atoms with Gasteiger partial charge in [0, 0.05) is 21.7 Å². The molecule has 0 saturated heterocycles. The van der Waals surface area contributed by atoms with Gasteiger partial charge in [-0.3, -0.25) is 4.79 Å². The van der Waals surface area contributed by atoms with Gasteiger partial charge in [0.15, 0.2) is 23.3 Å². The van der Waals surface area contributed by atoms with Crippen molar-refractivity contribution in [2.45, 2.75) is 6.54 Å². The number of rotatable bonds is 4. The Morgan fingerprint density at radius 3 is 2.37 bits per heavy atom. The average Bonchev–Trinajstić information content (AvgIpc) is 3.06. The number of nitrogens with zero attached hydrogens (tertiary/aromatic N) is 2. The van der Waals surface area contributed by atoms with E-state index in [1.54, 1.807) is 18.2 Å². The summed E-state index contributed by atoms with van der Waals surface area (Å²) in [6.07, 6.45) is 1.34. The van der Waals surface area contributed by atoms with Crippen LogP contribution in [0.15, 0.2) is 36.5 Å². The lowest BCUT2D eigenvalue weighted by Gasteiger charge is -2.12. The number of benzene rings is 2. The molecular formula is C17H9Cl2F4N3O. The van der Waals surface area contributed by atoms with Gasteiger partial charge >= 0.3 is 0 Å². The highest BCUT2D eigenvalue weighted by Gasteiger charge is 2.23. The van der Waals surface area contributed by atoms with Crippen molar-refractivity contribution < 1.29 is 22.4 Å². The summed E-state index contributed by atoms with van der Waals surface area (Å²) in [6, 6.07) is 6.53. The topological polar surface area (TPSA) is 46.9 Å². The van der Waals surface area contributed by atoms with E-state index in [0.29, 0.717) is 15.6 Å². The van der Waals surface area contributed by atoms with Crippen molar-refractivity contribution in [1.29, 1.82) is 0 Å². The number of halogens is 6. The minimum Gasteiger partial charge on any atom is -0.307 e. The summed E-state index contributed by atoms with van der Waals surface area (Å²) in [4.78, 5) is 12.2. The van der Waals surface area contributed by atoms with Crippen molar-refractivity contribution >= 4 is 34.9 Å². The molecule has 0 radical (unpaired) electrons. The third kappa shape index (κ3) is 3.77. The maximum atomic E-state index is 13.8. The maximum Gasteiger partial charge on any atom is 0.260 e. The molecule has 2 aromatic carbocycles. The Morgan fingerprint density at radius 2 is 1.70 bits per heavy atom. The minimum atomic E-state index is -2.07. The van der Waals surface area contributed by atoms with Crippen LogP contribution in [0.2, 0.25) is 10.0 Å². The van der Waals surface area contributed by atoms with Crippen molar-refractivity contribution in [2.75, 3.05) is 5.32 Å². The van der Waals surface area contributed by atoms with E-state index >= 15 is 0 Å². The fourth-order valence-electron chi connectivity index (χ4n) is 2.32. The molecule has 0 saturated carbocycles. The summed E-state index contributed by atoms with van der Waals surface area (Å²) in [5.41, 5.74) is -0.472. The summed E-state index contributed by atoms with van der Waals surface area (Å²) in [7, 11) is 0. The van der Waals surface area contributed by atoms with E-state index in [4.69, 9.17) is 23.2 Å². The fourth-order valence-corrected chi connectivity index (χ4v) is 2.84. The molecule has 0 fully saturated rings. The third-order valence-electron chi connectivity index (χ3n) is 3.67. The number of anilines is 1. The summed E-state index contributed by atoms with van der Waals surface area (Å²) in [5, 5.41) is 6.98. The van der Waals surface area contributed by atoms with Gasteiger partial charge in [-0.15, -0.1) is 0 Å². The number of carbonyl (C=O) groups excluding carboxylic acids is 1. The van der Waals surface area contributed by atoms with E-state index in [0.717, 1.165) is 0 Å². The van der Waals surface area contributed by atoms with Gasteiger partial charge in [-0.25, -0.2) is 22.2 Å². The van der Waals surface area contributed by atoms with Gasteiger partial charge in [0.25, 0.3) is 5.91 Å². The molecule has 10 heteroatoms. The smallest absolute Gasteiger partial charge is 0.260 e. The van der Waals surface area contributed by atoms with Gasteiger partial charge in [0.1, 0.15) is 5.82 Å². The van der Waals surface area contributed by atoms with E-state index in [9.17, 15) is 22.4 Å². The molecule has 4 nitrogen and oxygen atoms in total. The molecule has 140 valence electrons. The molecular weight excluding hydrogens is 409 g/mol. The number of hydrogen-bond donors (Lipinski definition) is 1. The van der Waals surface area contributed by atoms with Crippen LogP contribution >= 0.6 is 23.2 Å². The lowest BCUT2D eigenvalue weighted by molar-refractivity contribution is 0.102. The Bertz CT molecular complexity index is 1020. The average molecular weight is 418 g/mol. The van der Waals surface area contributed by atoms with Crippen molar-refractivity contribution in [1.82, 2.24) is 9.78 Å². The van der Waals surface area contributed by atoms with Crippen LogP contribution in [0.5, 0.6) is 0 Å². The molecule has 0 bridgehead atoms. The lowest BCUT2D eigenvalue weighted by Crippen LogP contribution is -2.19. The lowest BCUT2D eigenvalue weighted by atomic mass is 10.1. The third-order valence-corrected chi connectivity index (χ3v) is 4.38. The Morgan fingerprint density at radius 1 is 1.04 bits per heavy atom. The standard InChI is InChI=1S/C17H9Cl2F4N3O/c18-10-2-1-3-11(19)9(10)7-26-13(4-5-24-26)25-17(27)8-6-12(20)15(22)16(23)14(8)21/h1-6H,7H2,(H,25,27). The highest BCUT2D eigenvalue weighted by molar-refractivity contribution is 6.36. The zero-order chi connectivity index (χ0) is 19.7. The van der Waals surface area contributed by atoms with Crippen molar-refractivity contribution in [3.63, 3.8) is 0 Å². The fraction of sp³-hybridized carbons (Fsp3) is 0.0588. The first-order valence-corrected chi connectivity index (χ1v) is 8.14. The molecule has 0 atom stereocenters. The first kappa shape index (κ1) is 19.2.